The van der Waals surface area contributed by atoms with Crippen LogP contribution in [0, 0.1) is 0 Å². The Morgan fingerprint density at radius 3 is 2.59 bits per heavy atom. The number of likely N-dealkylation sites (tertiary alicyclic amines) is 1. The van der Waals surface area contributed by atoms with E-state index in [1.165, 1.54) is 0 Å². The fraction of sp³-hybridized carbons (Fsp3) is 0.778. The van der Waals surface area contributed by atoms with E-state index in [0.29, 0.717) is 0 Å². The number of aliphatic carboxylic acids is 1. The molecule has 0 aromatic carbocycles. The summed E-state index contributed by atoms with van der Waals surface area (Å²) < 4.78 is 11.1. The Morgan fingerprint density at radius 2 is 2.24 bits per heavy atom. The number of aliphatic hydroxyl groups is 1. The highest BCUT2D eigenvalue weighted by Gasteiger charge is 2.37. The summed E-state index contributed by atoms with van der Waals surface area (Å²) >= 11 is 0. The van der Waals surface area contributed by atoms with Crippen LogP contribution >= 0.6 is 7.37 Å². The fourth-order valence-electron chi connectivity index (χ4n) is 1.79. The molecular formula is C9H16NO6P. The van der Waals surface area contributed by atoms with Gasteiger partial charge >= 0.3 is 5.97 Å². The second-order valence-electron chi connectivity index (χ2n) is 4.32. The smallest absolute Gasteiger partial charge is 0.326 e. The molecule has 0 spiro atoms. The average molecular weight is 265 g/mol. The largest absolute Gasteiger partial charge is 0.480 e. The molecule has 1 heterocycles. The van der Waals surface area contributed by atoms with Crippen LogP contribution in [-0.2, 0) is 14.2 Å². The number of carbonyl (C=O) groups is 2. The molecule has 1 aliphatic rings. The molecular weight excluding hydrogens is 249 g/mol. The Labute approximate surface area is 98.5 Å². The Bertz CT molecular complexity index is 364. The lowest BCUT2D eigenvalue weighted by molar-refractivity contribution is -0.148. The zero-order chi connectivity index (χ0) is 13.2. The lowest BCUT2D eigenvalue weighted by Gasteiger charge is -2.24. The fourth-order valence-corrected chi connectivity index (χ4v) is 2.51. The number of amides is 1. The van der Waals surface area contributed by atoms with Crippen molar-refractivity contribution in [2.45, 2.75) is 25.0 Å². The van der Waals surface area contributed by atoms with Gasteiger partial charge in [-0.25, -0.2) is 4.79 Å². The second-order valence-corrected chi connectivity index (χ2v) is 6.87. The molecule has 1 amide bonds. The summed E-state index contributed by atoms with van der Waals surface area (Å²) in [5.74, 6) is -1.66. The molecule has 0 aliphatic carbocycles. The van der Waals surface area contributed by atoms with E-state index in [0.717, 1.165) is 11.6 Å². The molecule has 0 aromatic heterocycles. The van der Waals surface area contributed by atoms with E-state index < -0.39 is 31.4 Å². The van der Waals surface area contributed by atoms with Gasteiger partial charge in [0.15, 0.2) is 7.37 Å². The zero-order valence-electron chi connectivity index (χ0n) is 9.44. The number of nitrogens with zero attached hydrogens (tertiary/aromatic N) is 1. The lowest BCUT2D eigenvalue weighted by atomic mass is 10.2. The van der Waals surface area contributed by atoms with Crippen molar-refractivity contribution in [3.05, 3.63) is 0 Å². The number of β-amino-alcohol motifs (C(OH)–C–C–N with tert-alkyl or cyclic N) is 1. The van der Waals surface area contributed by atoms with Crippen LogP contribution in [0.4, 0.5) is 0 Å². The van der Waals surface area contributed by atoms with Gasteiger partial charge in [-0.15, -0.1) is 0 Å². The predicted octanol–water partition coefficient (Wildman–Crippen LogP) is -0.677. The number of hydrogen-bond acceptors (Lipinski definition) is 4. The van der Waals surface area contributed by atoms with Crippen molar-refractivity contribution < 1.29 is 29.3 Å². The summed E-state index contributed by atoms with van der Waals surface area (Å²) in [6, 6.07) is -1.14. The molecule has 0 radical (unpaired) electrons. The first-order valence-electron chi connectivity index (χ1n) is 5.20. The van der Waals surface area contributed by atoms with Gasteiger partial charge in [0.1, 0.15) is 6.04 Å². The molecule has 1 fully saturated rings. The molecule has 1 aliphatic heterocycles. The third kappa shape index (κ3) is 4.11. The van der Waals surface area contributed by atoms with Gasteiger partial charge in [-0.1, -0.05) is 0 Å². The molecule has 3 unspecified atom stereocenters. The maximum atomic E-state index is 11.4. The van der Waals surface area contributed by atoms with Gasteiger partial charge in [-0.2, -0.15) is 0 Å². The summed E-state index contributed by atoms with van der Waals surface area (Å²) in [6.45, 7) is 1.11. The van der Waals surface area contributed by atoms with Crippen molar-refractivity contribution in [3.8, 4) is 0 Å². The van der Waals surface area contributed by atoms with Crippen molar-refractivity contribution in [2.24, 2.45) is 0 Å². The quantitative estimate of drug-likeness (QED) is 0.567. The van der Waals surface area contributed by atoms with Crippen LogP contribution in [0.1, 0.15) is 12.8 Å². The van der Waals surface area contributed by atoms with Gasteiger partial charge in [0, 0.05) is 19.4 Å². The summed E-state index contributed by atoms with van der Waals surface area (Å²) in [4.78, 5) is 32.6. The molecule has 0 saturated carbocycles. The topological polar surface area (TPSA) is 115 Å². The third-order valence-electron chi connectivity index (χ3n) is 2.62. The van der Waals surface area contributed by atoms with Gasteiger partial charge in [0.05, 0.1) is 12.5 Å². The Hall–Kier alpha value is -0.910. The molecule has 98 valence electrons. The van der Waals surface area contributed by atoms with E-state index in [-0.39, 0.29) is 25.5 Å². The monoisotopic (exact) mass is 265 g/mol. The summed E-state index contributed by atoms with van der Waals surface area (Å²) in [5, 5.41) is 18.3. The first-order valence-corrected chi connectivity index (χ1v) is 7.49. The van der Waals surface area contributed by atoms with Crippen molar-refractivity contribution in [1.29, 1.82) is 0 Å². The zero-order valence-corrected chi connectivity index (χ0v) is 10.3. The summed E-state index contributed by atoms with van der Waals surface area (Å²) in [6.07, 6.45) is -1.19. The highest BCUT2D eigenvalue weighted by molar-refractivity contribution is 7.57. The van der Waals surface area contributed by atoms with Crippen molar-refractivity contribution in [3.63, 3.8) is 0 Å². The Balaban J connectivity index is 2.70. The van der Waals surface area contributed by atoms with E-state index in [9.17, 15) is 19.3 Å². The van der Waals surface area contributed by atoms with Gasteiger partial charge in [0.2, 0.25) is 5.91 Å². The van der Waals surface area contributed by atoms with Gasteiger partial charge in [-0.3, -0.25) is 9.36 Å². The molecule has 3 atom stereocenters. The average Bonchev–Trinajstić information content (AvgIpc) is 2.43. The van der Waals surface area contributed by atoms with E-state index in [2.05, 4.69) is 0 Å². The number of carbonyl (C=O) groups excluding carboxylic acids is 1. The molecule has 8 heteroatoms. The van der Waals surface area contributed by atoms with Gasteiger partial charge < -0.3 is 20.0 Å². The second kappa shape index (κ2) is 5.16. The highest BCUT2D eigenvalue weighted by atomic mass is 31.2. The highest BCUT2D eigenvalue weighted by Crippen LogP contribution is 2.36. The molecule has 7 nitrogen and oxygen atoms in total. The first-order chi connectivity index (χ1) is 7.70. The van der Waals surface area contributed by atoms with Crippen LogP contribution in [0.25, 0.3) is 0 Å². The van der Waals surface area contributed by atoms with Crippen molar-refractivity contribution >= 4 is 19.2 Å². The normalized spacial score (nSPS) is 25.7. The number of carboxylic acid groups (broad SMARTS) is 1. The molecule has 3 N–H and O–H groups in total. The number of aliphatic hydroxyl groups excluding tert-OH is 1. The molecule has 0 aromatic rings. The van der Waals surface area contributed by atoms with Crippen LogP contribution in [0.3, 0.4) is 0 Å². The molecule has 1 saturated heterocycles. The minimum Gasteiger partial charge on any atom is -0.480 e. The Kier molecular flexibility index (Phi) is 4.30. The maximum absolute atomic E-state index is 11.4. The number of rotatable bonds is 5. The Morgan fingerprint density at radius 1 is 1.65 bits per heavy atom. The van der Waals surface area contributed by atoms with Crippen LogP contribution in [0.2, 0.25) is 0 Å². The van der Waals surface area contributed by atoms with Crippen LogP contribution in [0.5, 0.6) is 0 Å². The van der Waals surface area contributed by atoms with Crippen molar-refractivity contribution in [2.75, 3.05) is 19.4 Å². The minimum absolute atomic E-state index is 0.0325. The van der Waals surface area contributed by atoms with Gasteiger partial charge in [-0.05, 0) is 6.42 Å². The molecule has 0 bridgehead atoms. The van der Waals surface area contributed by atoms with Crippen LogP contribution < -0.4 is 0 Å². The minimum atomic E-state index is -3.30. The summed E-state index contributed by atoms with van der Waals surface area (Å²) in [5.41, 5.74) is 0. The standard InChI is InChI=1S/C9H16NO6P/c1-17(15,16)3-2-7(9(13)14)10-5-6(11)4-8(10)12/h6-7,11H,2-5H2,1H3,(H,13,14)(H,15,16). The predicted molar refractivity (Wildman–Crippen MR) is 59.0 cm³/mol. The number of hydrogen-bond donors (Lipinski definition) is 3. The van der Waals surface area contributed by atoms with E-state index in [4.69, 9.17) is 10.00 Å². The third-order valence-corrected chi connectivity index (χ3v) is 3.70. The van der Waals surface area contributed by atoms with E-state index in [1.807, 2.05) is 0 Å². The van der Waals surface area contributed by atoms with E-state index >= 15 is 0 Å². The SMILES string of the molecule is CP(=O)(O)CCC(C(=O)O)N1CC(O)CC1=O. The number of carboxylic acids is 1. The van der Waals surface area contributed by atoms with E-state index in [1.54, 1.807) is 0 Å². The lowest BCUT2D eigenvalue weighted by Crippen LogP contribution is -2.43. The maximum Gasteiger partial charge on any atom is 0.326 e. The van der Waals surface area contributed by atoms with Crippen molar-refractivity contribution in [1.82, 2.24) is 4.90 Å². The van der Waals surface area contributed by atoms with Crippen LogP contribution in [-0.4, -0.2) is 63.4 Å². The first kappa shape index (κ1) is 14.2. The van der Waals surface area contributed by atoms with Crippen LogP contribution in [0.15, 0.2) is 0 Å². The summed E-state index contributed by atoms with van der Waals surface area (Å²) in [7, 11) is -3.30. The molecule has 17 heavy (non-hydrogen) atoms. The van der Waals surface area contributed by atoms with Gasteiger partial charge in [0.25, 0.3) is 0 Å². The molecule has 1 rings (SSSR count).